The van der Waals surface area contributed by atoms with Crippen molar-refractivity contribution in [1.82, 2.24) is 14.5 Å². The van der Waals surface area contributed by atoms with Crippen molar-refractivity contribution in [2.24, 2.45) is 22.9 Å². The quantitative estimate of drug-likeness (QED) is 0.856. The maximum Gasteiger partial charge on any atom is 0.274 e. The van der Waals surface area contributed by atoms with Gasteiger partial charge in [0.25, 0.3) is 5.91 Å². The Hall–Kier alpha value is -1.85. The van der Waals surface area contributed by atoms with Crippen LogP contribution in [0.3, 0.4) is 0 Å². The number of rotatable bonds is 3. The molecular weight excluding hydrogens is 292 g/mol. The van der Waals surface area contributed by atoms with Crippen LogP contribution in [0.2, 0.25) is 0 Å². The molecule has 120 valence electrons. The summed E-state index contributed by atoms with van der Waals surface area (Å²) in [6.07, 6.45) is 9.52. The zero-order valence-electron chi connectivity index (χ0n) is 13.0. The number of aromatic nitrogens is 2. The van der Waals surface area contributed by atoms with Crippen LogP contribution in [-0.4, -0.2) is 44.8 Å². The van der Waals surface area contributed by atoms with Crippen LogP contribution < -0.4 is 0 Å². The number of amides is 1. The standard InChI is InChI=1S/C17H20N4O2/c22-16(14-8-21(9-18-14)10-1-2-10)20-6-11-12(7-20)15(11)13-5-17(3-4-17)23-19-13/h8-12,15H,1-7H2/t11-,12+,15+. The number of oxime groups is 1. The second-order valence-electron chi connectivity index (χ2n) is 8.03. The molecule has 1 aromatic rings. The van der Waals surface area contributed by atoms with Crippen molar-refractivity contribution in [3.05, 3.63) is 18.2 Å². The van der Waals surface area contributed by atoms with Gasteiger partial charge in [0.1, 0.15) is 11.3 Å². The SMILES string of the molecule is O=C(c1cn(C2CC2)cn1)N1C[C@@H]2[C@H](C1)[C@H]2C1=NOC2(CC2)C1. The molecule has 3 saturated carbocycles. The summed E-state index contributed by atoms with van der Waals surface area (Å²) >= 11 is 0. The molecule has 4 fully saturated rings. The van der Waals surface area contributed by atoms with Crippen molar-refractivity contribution in [3.63, 3.8) is 0 Å². The zero-order valence-corrected chi connectivity index (χ0v) is 13.0. The molecule has 0 bridgehead atoms. The molecule has 3 atom stereocenters. The molecule has 6 rings (SSSR count). The van der Waals surface area contributed by atoms with Gasteiger partial charge in [0.2, 0.25) is 0 Å². The number of nitrogens with zero attached hydrogens (tertiary/aromatic N) is 4. The molecule has 0 unspecified atom stereocenters. The summed E-state index contributed by atoms with van der Waals surface area (Å²) < 4.78 is 2.09. The molecule has 3 heterocycles. The maximum absolute atomic E-state index is 12.6. The van der Waals surface area contributed by atoms with E-state index in [0.29, 0.717) is 29.5 Å². The Bertz CT molecular complexity index is 719. The molecule has 23 heavy (non-hydrogen) atoms. The molecule has 1 saturated heterocycles. The molecule has 1 aromatic heterocycles. The molecule has 0 radical (unpaired) electrons. The van der Waals surface area contributed by atoms with Crippen LogP contribution in [0, 0.1) is 17.8 Å². The average molecular weight is 312 g/mol. The number of carbonyl (C=O) groups excluding carboxylic acids is 1. The van der Waals surface area contributed by atoms with Crippen LogP contribution >= 0.6 is 0 Å². The average Bonchev–Trinajstić information content (AvgIpc) is 3.50. The van der Waals surface area contributed by atoms with E-state index in [4.69, 9.17) is 4.84 Å². The van der Waals surface area contributed by atoms with Gasteiger partial charge in [-0.3, -0.25) is 4.79 Å². The lowest BCUT2D eigenvalue weighted by Gasteiger charge is -2.18. The van der Waals surface area contributed by atoms with Crippen molar-refractivity contribution >= 4 is 11.6 Å². The predicted molar refractivity (Wildman–Crippen MR) is 82.0 cm³/mol. The predicted octanol–water partition coefficient (Wildman–Crippen LogP) is 1.84. The van der Waals surface area contributed by atoms with Gasteiger partial charge in [-0.15, -0.1) is 0 Å². The number of imidazole rings is 1. The fourth-order valence-electron chi connectivity index (χ4n) is 4.50. The Morgan fingerprint density at radius 2 is 2.04 bits per heavy atom. The summed E-state index contributed by atoms with van der Waals surface area (Å²) in [7, 11) is 0. The highest BCUT2D eigenvalue weighted by molar-refractivity contribution is 5.94. The van der Waals surface area contributed by atoms with Crippen LogP contribution in [-0.2, 0) is 4.84 Å². The number of fused-ring (bicyclic) bond motifs is 1. The van der Waals surface area contributed by atoms with Gasteiger partial charge in [-0.05, 0) is 37.5 Å². The Labute approximate surface area is 134 Å². The smallest absolute Gasteiger partial charge is 0.274 e. The first-order valence-corrected chi connectivity index (χ1v) is 8.80. The number of hydrogen-bond donors (Lipinski definition) is 0. The molecular formula is C17H20N4O2. The third-order valence-corrected chi connectivity index (χ3v) is 6.32. The summed E-state index contributed by atoms with van der Waals surface area (Å²) in [6.45, 7) is 1.72. The fourth-order valence-corrected chi connectivity index (χ4v) is 4.50. The summed E-state index contributed by atoms with van der Waals surface area (Å²) in [6, 6.07) is 0.579. The van der Waals surface area contributed by atoms with E-state index in [-0.39, 0.29) is 11.5 Å². The minimum absolute atomic E-state index is 0.0946. The van der Waals surface area contributed by atoms with E-state index in [1.165, 1.54) is 18.6 Å². The summed E-state index contributed by atoms with van der Waals surface area (Å²) in [4.78, 5) is 24.5. The first-order chi connectivity index (χ1) is 11.2. The first kappa shape index (κ1) is 12.6. The van der Waals surface area contributed by atoms with Gasteiger partial charge < -0.3 is 14.3 Å². The lowest BCUT2D eigenvalue weighted by atomic mass is 10.0. The lowest BCUT2D eigenvalue weighted by molar-refractivity contribution is 0.0650. The van der Waals surface area contributed by atoms with Gasteiger partial charge in [-0.2, -0.15) is 0 Å². The highest BCUT2D eigenvalue weighted by Gasteiger charge is 2.62. The summed E-state index contributed by atoms with van der Waals surface area (Å²) in [5.74, 6) is 1.86. The highest BCUT2D eigenvalue weighted by atomic mass is 16.7. The molecule has 0 N–H and O–H groups in total. The molecule has 2 aliphatic heterocycles. The minimum atomic E-state index is 0.0946. The Kier molecular flexibility index (Phi) is 2.17. The molecule has 5 aliphatic rings. The lowest BCUT2D eigenvalue weighted by Crippen LogP contribution is -2.32. The van der Waals surface area contributed by atoms with E-state index in [1.807, 2.05) is 17.4 Å². The second kappa shape index (κ2) is 3.97. The summed E-state index contributed by atoms with van der Waals surface area (Å²) in [5.41, 5.74) is 1.97. The van der Waals surface area contributed by atoms with Crippen LogP contribution in [0.25, 0.3) is 0 Å². The number of hydrogen-bond acceptors (Lipinski definition) is 4. The topological polar surface area (TPSA) is 59.7 Å². The number of likely N-dealkylation sites (tertiary alicyclic amines) is 1. The van der Waals surface area contributed by atoms with Crippen molar-refractivity contribution < 1.29 is 9.63 Å². The van der Waals surface area contributed by atoms with E-state index >= 15 is 0 Å². The molecule has 1 amide bonds. The molecule has 6 heteroatoms. The van der Waals surface area contributed by atoms with Gasteiger partial charge in [0, 0.05) is 37.7 Å². The molecule has 6 nitrogen and oxygen atoms in total. The van der Waals surface area contributed by atoms with Crippen LogP contribution in [0.1, 0.15) is 48.6 Å². The van der Waals surface area contributed by atoms with E-state index in [2.05, 4.69) is 14.7 Å². The third kappa shape index (κ3) is 1.83. The maximum atomic E-state index is 12.6. The van der Waals surface area contributed by atoms with Gasteiger partial charge in [-0.1, -0.05) is 5.16 Å². The van der Waals surface area contributed by atoms with E-state index in [9.17, 15) is 4.79 Å². The van der Waals surface area contributed by atoms with Gasteiger partial charge in [0.15, 0.2) is 0 Å². The van der Waals surface area contributed by atoms with Crippen molar-refractivity contribution in [3.8, 4) is 0 Å². The van der Waals surface area contributed by atoms with E-state index in [1.54, 1.807) is 0 Å². The number of carbonyl (C=O) groups is 1. The monoisotopic (exact) mass is 312 g/mol. The third-order valence-electron chi connectivity index (χ3n) is 6.32. The van der Waals surface area contributed by atoms with Gasteiger partial charge in [0.05, 0.1) is 12.0 Å². The Balaban J connectivity index is 1.11. The van der Waals surface area contributed by atoms with Gasteiger partial charge >= 0.3 is 0 Å². The molecule has 0 aromatic carbocycles. The van der Waals surface area contributed by atoms with Crippen molar-refractivity contribution in [2.45, 2.75) is 43.7 Å². The Morgan fingerprint density at radius 3 is 2.70 bits per heavy atom. The van der Waals surface area contributed by atoms with Crippen LogP contribution in [0.4, 0.5) is 0 Å². The van der Waals surface area contributed by atoms with Crippen LogP contribution in [0.5, 0.6) is 0 Å². The van der Waals surface area contributed by atoms with Crippen molar-refractivity contribution in [1.29, 1.82) is 0 Å². The summed E-state index contributed by atoms with van der Waals surface area (Å²) in [5, 5.41) is 4.35. The fraction of sp³-hybridized carbons (Fsp3) is 0.706. The Morgan fingerprint density at radius 1 is 1.26 bits per heavy atom. The number of piperidine rings is 1. The normalized spacial score (nSPS) is 35.9. The zero-order chi connectivity index (χ0) is 15.2. The first-order valence-electron chi connectivity index (χ1n) is 8.80. The largest absolute Gasteiger partial charge is 0.389 e. The molecule has 3 aliphatic carbocycles. The second-order valence-corrected chi connectivity index (χ2v) is 8.03. The van der Waals surface area contributed by atoms with Gasteiger partial charge in [-0.25, -0.2) is 4.98 Å². The minimum Gasteiger partial charge on any atom is -0.389 e. The van der Waals surface area contributed by atoms with E-state index < -0.39 is 0 Å². The molecule has 1 spiro atoms. The van der Waals surface area contributed by atoms with Crippen LogP contribution in [0.15, 0.2) is 17.7 Å². The van der Waals surface area contributed by atoms with E-state index in [0.717, 1.165) is 32.4 Å². The van der Waals surface area contributed by atoms with Crippen molar-refractivity contribution in [2.75, 3.05) is 13.1 Å². The highest BCUT2D eigenvalue weighted by Crippen LogP contribution is 2.57.